The van der Waals surface area contributed by atoms with Crippen molar-refractivity contribution in [3.8, 4) is 0 Å². The quantitative estimate of drug-likeness (QED) is 0.920. The molecule has 1 aliphatic heterocycles. The Bertz CT molecular complexity index is 467. The zero-order valence-electron chi connectivity index (χ0n) is 11.4. The number of hydrogen-bond acceptors (Lipinski definition) is 3. The summed E-state index contributed by atoms with van der Waals surface area (Å²) in [4.78, 5) is 14.1. The minimum Gasteiger partial charge on any atom is -0.383 e. The van der Waals surface area contributed by atoms with E-state index in [1.807, 2.05) is 43.0 Å². The van der Waals surface area contributed by atoms with Gasteiger partial charge in [-0.15, -0.1) is 0 Å². The molecule has 0 aromatic heterocycles. The molecular weight excluding hydrogens is 264 g/mol. The molecule has 19 heavy (non-hydrogen) atoms. The maximum atomic E-state index is 12.3. The van der Waals surface area contributed by atoms with Gasteiger partial charge in [-0.2, -0.15) is 0 Å². The molecule has 0 bridgehead atoms. The van der Waals surface area contributed by atoms with E-state index in [2.05, 4.69) is 5.32 Å². The van der Waals surface area contributed by atoms with Crippen molar-refractivity contribution >= 4 is 17.5 Å². The van der Waals surface area contributed by atoms with E-state index in [4.69, 9.17) is 16.3 Å². The fourth-order valence-corrected chi connectivity index (χ4v) is 2.66. The number of rotatable bonds is 4. The van der Waals surface area contributed by atoms with Crippen molar-refractivity contribution in [3.05, 3.63) is 34.9 Å². The molecule has 3 unspecified atom stereocenters. The van der Waals surface area contributed by atoms with E-state index >= 15 is 0 Å². The highest BCUT2D eigenvalue weighted by Crippen LogP contribution is 2.28. The van der Waals surface area contributed by atoms with E-state index < -0.39 is 0 Å². The molecule has 3 atom stereocenters. The maximum Gasteiger partial charge on any atom is 0.241 e. The monoisotopic (exact) mass is 282 g/mol. The van der Waals surface area contributed by atoms with Crippen LogP contribution in [0, 0.1) is 0 Å². The largest absolute Gasteiger partial charge is 0.383 e. The molecular formula is C14H19ClN2O2. The summed E-state index contributed by atoms with van der Waals surface area (Å²) in [5.41, 5.74) is 0.994. The molecule has 1 N–H and O–H groups in total. The summed E-state index contributed by atoms with van der Waals surface area (Å²) in [5, 5.41) is 3.97. The third kappa shape index (κ3) is 2.91. The molecule has 0 radical (unpaired) electrons. The summed E-state index contributed by atoms with van der Waals surface area (Å²) < 4.78 is 5.16. The highest BCUT2D eigenvalue weighted by Gasteiger charge is 2.39. The van der Waals surface area contributed by atoms with Gasteiger partial charge in [0.25, 0.3) is 0 Å². The number of carbonyl (C=O) groups excluding carboxylic acids is 1. The third-order valence-corrected chi connectivity index (χ3v) is 3.59. The van der Waals surface area contributed by atoms with Crippen LogP contribution in [-0.2, 0) is 9.53 Å². The molecule has 0 aliphatic carbocycles. The van der Waals surface area contributed by atoms with Crippen molar-refractivity contribution in [2.24, 2.45) is 0 Å². The molecule has 0 spiro atoms. The first-order chi connectivity index (χ1) is 9.04. The van der Waals surface area contributed by atoms with Crippen LogP contribution < -0.4 is 5.32 Å². The molecule has 4 nitrogen and oxygen atoms in total. The summed E-state index contributed by atoms with van der Waals surface area (Å²) in [5.74, 6) is 0.0922. The average molecular weight is 283 g/mol. The third-order valence-electron chi connectivity index (χ3n) is 3.36. The molecule has 1 saturated heterocycles. The molecule has 0 saturated carbocycles. The van der Waals surface area contributed by atoms with E-state index in [0.29, 0.717) is 11.6 Å². The van der Waals surface area contributed by atoms with Gasteiger partial charge in [-0.3, -0.25) is 10.1 Å². The van der Waals surface area contributed by atoms with E-state index in [-0.39, 0.29) is 24.2 Å². The van der Waals surface area contributed by atoms with Crippen LogP contribution in [0.5, 0.6) is 0 Å². The van der Waals surface area contributed by atoms with Crippen molar-refractivity contribution in [1.29, 1.82) is 0 Å². The van der Waals surface area contributed by atoms with E-state index in [9.17, 15) is 4.79 Å². The maximum absolute atomic E-state index is 12.3. The number of carbonyl (C=O) groups is 1. The first-order valence-corrected chi connectivity index (χ1v) is 6.75. The topological polar surface area (TPSA) is 41.6 Å². The number of nitrogens with zero attached hydrogens (tertiary/aromatic N) is 1. The van der Waals surface area contributed by atoms with Crippen LogP contribution in [0.1, 0.15) is 25.6 Å². The summed E-state index contributed by atoms with van der Waals surface area (Å²) in [6.45, 7) is 4.37. The number of nitrogens with one attached hydrogen (secondary N) is 1. The van der Waals surface area contributed by atoms with Crippen LogP contribution in [-0.4, -0.2) is 36.6 Å². The van der Waals surface area contributed by atoms with Gasteiger partial charge in [0.2, 0.25) is 5.91 Å². The summed E-state index contributed by atoms with van der Waals surface area (Å²) >= 11 is 6.03. The van der Waals surface area contributed by atoms with Gasteiger partial charge in [-0.1, -0.05) is 23.7 Å². The molecule has 2 rings (SSSR count). The Labute approximate surface area is 118 Å². The van der Waals surface area contributed by atoms with Crippen LogP contribution in [0.4, 0.5) is 0 Å². The van der Waals surface area contributed by atoms with Gasteiger partial charge < -0.3 is 9.64 Å². The van der Waals surface area contributed by atoms with Crippen LogP contribution >= 0.6 is 11.6 Å². The first-order valence-electron chi connectivity index (χ1n) is 6.37. The normalized spacial score (nSPS) is 24.8. The lowest BCUT2D eigenvalue weighted by atomic mass is 10.1. The lowest BCUT2D eigenvalue weighted by molar-refractivity contribution is -0.132. The van der Waals surface area contributed by atoms with Gasteiger partial charge in [0.05, 0.1) is 18.7 Å². The van der Waals surface area contributed by atoms with Gasteiger partial charge in [-0.05, 0) is 31.5 Å². The lowest BCUT2D eigenvalue weighted by Crippen LogP contribution is -2.40. The van der Waals surface area contributed by atoms with Crippen molar-refractivity contribution < 1.29 is 9.53 Å². The van der Waals surface area contributed by atoms with Crippen LogP contribution in [0.3, 0.4) is 0 Å². The molecule has 104 valence electrons. The molecule has 5 heteroatoms. The standard InChI is InChI=1S/C14H19ClN2O2/c1-9(8-19-3)17-13(16-10(2)14(17)18)11-5-4-6-12(15)7-11/h4-7,9-10,13,16H,8H2,1-3H3. The van der Waals surface area contributed by atoms with E-state index in [1.165, 1.54) is 0 Å². The lowest BCUT2D eigenvalue weighted by Gasteiger charge is -2.30. The second kappa shape index (κ2) is 5.90. The van der Waals surface area contributed by atoms with Crippen LogP contribution in [0.15, 0.2) is 24.3 Å². The second-order valence-electron chi connectivity index (χ2n) is 4.90. The number of benzene rings is 1. The Hall–Kier alpha value is -1.10. The van der Waals surface area contributed by atoms with Crippen molar-refractivity contribution in [2.45, 2.75) is 32.1 Å². The predicted molar refractivity (Wildman–Crippen MR) is 75.0 cm³/mol. The predicted octanol–water partition coefficient (Wildman–Crippen LogP) is 2.19. The van der Waals surface area contributed by atoms with Gasteiger partial charge >= 0.3 is 0 Å². The molecule has 1 aromatic rings. The number of amides is 1. The Morgan fingerprint density at radius 1 is 1.53 bits per heavy atom. The summed E-state index contributed by atoms with van der Waals surface area (Å²) in [6, 6.07) is 7.40. The number of hydrogen-bond donors (Lipinski definition) is 1. The smallest absolute Gasteiger partial charge is 0.241 e. The SMILES string of the molecule is COCC(C)N1C(=O)C(C)NC1c1cccc(Cl)c1. The Balaban J connectivity index is 2.29. The van der Waals surface area contributed by atoms with Crippen LogP contribution in [0.25, 0.3) is 0 Å². The second-order valence-corrected chi connectivity index (χ2v) is 5.33. The van der Waals surface area contributed by atoms with Gasteiger partial charge in [-0.25, -0.2) is 0 Å². The van der Waals surface area contributed by atoms with E-state index in [1.54, 1.807) is 7.11 Å². The van der Waals surface area contributed by atoms with E-state index in [0.717, 1.165) is 5.56 Å². The minimum atomic E-state index is -0.191. The van der Waals surface area contributed by atoms with Crippen LogP contribution in [0.2, 0.25) is 5.02 Å². The van der Waals surface area contributed by atoms with Crippen molar-refractivity contribution in [3.63, 3.8) is 0 Å². The first kappa shape index (κ1) is 14.3. The Morgan fingerprint density at radius 3 is 2.89 bits per heavy atom. The minimum absolute atomic E-state index is 0.0129. The zero-order chi connectivity index (χ0) is 14.0. The molecule has 1 aromatic carbocycles. The highest BCUT2D eigenvalue weighted by atomic mass is 35.5. The Kier molecular flexibility index (Phi) is 4.45. The average Bonchev–Trinajstić information content (AvgIpc) is 2.66. The summed E-state index contributed by atoms with van der Waals surface area (Å²) in [7, 11) is 1.64. The zero-order valence-corrected chi connectivity index (χ0v) is 12.1. The fraction of sp³-hybridized carbons (Fsp3) is 0.500. The summed E-state index contributed by atoms with van der Waals surface area (Å²) in [6.07, 6.45) is -0.147. The number of ether oxygens (including phenoxy) is 1. The highest BCUT2D eigenvalue weighted by molar-refractivity contribution is 6.30. The fourth-order valence-electron chi connectivity index (χ4n) is 2.47. The van der Waals surface area contributed by atoms with Crippen molar-refractivity contribution in [2.75, 3.05) is 13.7 Å². The molecule has 1 amide bonds. The number of halogens is 1. The van der Waals surface area contributed by atoms with Gasteiger partial charge in [0.1, 0.15) is 6.17 Å². The van der Waals surface area contributed by atoms with Crippen molar-refractivity contribution in [1.82, 2.24) is 10.2 Å². The molecule has 1 fully saturated rings. The Morgan fingerprint density at radius 2 is 2.26 bits per heavy atom. The molecule has 1 aliphatic rings. The van der Waals surface area contributed by atoms with Gasteiger partial charge in [0, 0.05) is 12.1 Å². The molecule has 1 heterocycles. The number of methoxy groups -OCH3 is 1. The van der Waals surface area contributed by atoms with Gasteiger partial charge in [0.15, 0.2) is 0 Å².